The lowest BCUT2D eigenvalue weighted by Gasteiger charge is -2.25. The Morgan fingerprint density at radius 1 is 1.29 bits per heavy atom. The van der Waals surface area contributed by atoms with Gasteiger partial charge in [-0.25, -0.2) is 0 Å². The summed E-state index contributed by atoms with van der Waals surface area (Å²) in [6, 6.07) is 2.63. The first-order valence-corrected chi connectivity index (χ1v) is 6.82. The predicted octanol–water partition coefficient (Wildman–Crippen LogP) is 4.85. The maximum absolute atomic E-state index is 13.0. The molecule has 7 heteroatoms. The van der Waals surface area contributed by atoms with Crippen molar-refractivity contribution in [2.45, 2.75) is 45.8 Å². The molecule has 1 N–H and O–H groups in total. The zero-order valence-electron chi connectivity index (χ0n) is 12.2. The van der Waals surface area contributed by atoms with Crippen LogP contribution in [0.2, 0.25) is 0 Å². The van der Waals surface area contributed by atoms with Gasteiger partial charge in [0, 0.05) is 23.9 Å². The monoisotopic (exact) mass is 304 g/mol. The Bertz CT molecular complexity index is 499. The van der Waals surface area contributed by atoms with E-state index in [-0.39, 0.29) is 17.6 Å². The predicted molar refractivity (Wildman–Crippen MR) is 75.3 cm³/mol. The van der Waals surface area contributed by atoms with Crippen LogP contribution in [0.5, 0.6) is 0 Å². The first kappa shape index (κ1) is 17.3. The van der Waals surface area contributed by atoms with Crippen LogP contribution >= 0.6 is 0 Å². The minimum absolute atomic E-state index is 0.118. The molecule has 0 heterocycles. The average Bonchev–Trinajstić information content (AvgIpc) is 2.39. The molecule has 0 aliphatic heterocycles. The van der Waals surface area contributed by atoms with E-state index in [0.717, 1.165) is 25.0 Å². The Kier molecular flexibility index (Phi) is 5.57. The summed E-state index contributed by atoms with van der Waals surface area (Å²) in [5.74, 6) is 0.237. The van der Waals surface area contributed by atoms with Crippen LogP contribution in [0.4, 0.5) is 24.5 Å². The van der Waals surface area contributed by atoms with Crippen molar-refractivity contribution in [2.75, 3.05) is 5.32 Å². The van der Waals surface area contributed by atoms with Crippen molar-refractivity contribution in [1.29, 1.82) is 0 Å². The number of non-ortho nitro benzene ring substituents is 1. The molecular weight excluding hydrogens is 285 g/mol. The summed E-state index contributed by atoms with van der Waals surface area (Å²) in [4.78, 5) is 9.80. The van der Waals surface area contributed by atoms with Crippen LogP contribution in [0.15, 0.2) is 18.2 Å². The highest BCUT2D eigenvalue weighted by molar-refractivity contribution is 5.57. The smallest absolute Gasteiger partial charge is 0.382 e. The van der Waals surface area contributed by atoms with Gasteiger partial charge in [0.15, 0.2) is 0 Å². The van der Waals surface area contributed by atoms with Crippen molar-refractivity contribution >= 4 is 11.4 Å². The van der Waals surface area contributed by atoms with Gasteiger partial charge in [0.1, 0.15) is 0 Å². The van der Waals surface area contributed by atoms with Crippen molar-refractivity contribution < 1.29 is 18.1 Å². The molecule has 1 rings (SSSR count). The highest BCUT2D eigenvalue weighted by Crippen LogP contribution is 2.37. The zero-order chi connectivity index (χ0) is 16.2. The molecule has 1 aromatic rings. The minimum atomic E-state index is -4.64. The topological polar surface area (TPSA) is 55.2 Å². The number of alkyl halides is 3. The summed E-state index contributed by atoms with van der Waals surface area (Å²) in [5.41, 5.74) is -1.69. The zero-order valence-corrected chi connectivity index (χ0v) is 12.2. The molecule has 0 aliphatic carbocycles. The molecule has 0 bridgehead atoms. The van der Waals surface area contributed by atoms with Gasteiger partial charge in [-0.3, -0.25) is 10.1 Å². The fourth-order valence-corrected chi connectivity index (χ4v) is 2.37. The number of benzene rings is 1. The SMILES string of the molecule is CCC(CC)C(C)Nc1ccc([N+](=O)[O-])cc1C(F)(F)F. The van der Waals surface area contributed by atoms with E-state index in [2.05, 4.69) is 5.32 Å². The molecule has 0 saturated carbocycles. The van der Waals surface area contributed by atoms with Crippen LogP contribution in [-0.4, -0.2) is 11.0 Å². The molecule has 0 radical (unpaired) electrons. The highest BCUT2D eigenvalue weighted by atomic mass is 19.4. The maximum atomic E-state index is 13.0. The van der Waals surface area contributed by atoms with E-state index in [1.165, 1.54) is 0 Å². The van der Waals surface area contributed by atoms with Crippen LogP contribution in [0.3, 0.4) is 0 Å². The van der Waals surface area contributed by atoms with Crippen molar-refractivity contribution in [2.24, 2.45) is 5.92 Å². The first-order chi connectivity index (χ1) is 9.70. The number of anilines is 1. The summed E-state index contributed by atoms with van der Waals surface area (Å²) >= 11 is 0. The lowest BCUT2D eigenvalue weighted by molar-refractivity contribution is -0.385. The van der Waals surface area contributed by atoms with Crippen LogP contribution in [0.25, 0.3) is 0 Å². The molecule has 0 fully saturated rings. The van der Waals surface area contributed by atoms with Gasteiger partial charge in [0.2, 0.25) is 0 Å². The van der Waals surface area contributed by atoms with E-state index in [1.807, 2.05) is 20.8 Å². The molecule has 118 valence electrons. The van der Waals surface area contributed by atoms with E-state index in [0.29, 0.717) is 6.07 Å². The Hall–Kier alpha value is -1.79. The molecule has 0 amide bonds. The van der Waals surface area contributed by atoms with Gasteiger partial charge in [-0.15, -0.1) is 0 Å². The average molecular weight is 304 g/mol. The molecule has 21 heavy (non-hydrogen) atoms. The fraction of sp³-hybridized carbons (Fsp3) is 0.571. The lowest BCUT2D eigenvalue weighted by atomic mass is 9.95. The summed E-state index contributed by atoms with van der Waals surface area (Å²) < 4.78 is 39.1. The molecule has 4 nitrogen and oxygen atoms in total. The van der Waals surface area contributed by atoms with Crippen molar-refractivity contribution in [3.8, 4) is 0 Å². The molecule has 0 spiro atoms. The Morgan fingerprint density at radius 2 is 1.86 bits per heavy atom. The van der Waals surface area contributed by atoms with Gasteiger partial charge in [-0.2, -0.15) is 13.2 Å². The van der Waals surface area contributed by atoms with E-state index in [1.54, 1.807) is 0 Å². The van der Waals surface area contributed by atoms with E-state index in [9.17, 15) is 23.3 Å². The second-order valence-electron chi connectivity index (χ2n) is 4.99. The van der Waals surface area contributed by atoms with Gasteiger partial charge in [-0.1, -0.05) is 26.7 Å². The van der Waals surface area contributed by atoms with Crippen molar-refractivity contribution in [3.05, 3.63) is 33.9 Å². The van der Waals surface area contributed by atoms with Crippen molar-refractivity contribution in [3.63, 3.8) is 0 Å². The lowest BCUT2D eigenvalue weighted by Crippen LogP contribution is -2.26. The molecule has 1 aromatic carbocycles. The Labute approximate surface area is 121 Å². The molecule has 1 atom stereocenters. The second kappa shape index (κ2) is 6.78. The summed E-state index contributed by atoms with van der Waals surface area (Å²) in [5, 5.41) is 13.5. The number of hydrogen-bond acceptors (Lipinski definition) is 3. The largest absolute Gasteiger partial charge is 0.418 e. The van der Waals surface area contributed by atoms with Gasteiger partial charge in [0.25, 0.3) is 5.69 Å². The van der Waals surface area contributed by atoms with Crippen LogP contribution < -0.4 is 5.32 Å². The van der Waals surface area contributed by atoms with E-state index < -0.39 is 22.4 Å². The summed E-state index contributed by atoms with van der Waals surface area (Å²) in [6.07, 6.45) is -2.94. The standard InChI is InChI=1S/C14H19F3N2O2/c1-4-10(5-2)9(3)18-13-7-6-11(19(20)21)8-12(13)14(15,16)17/h6-10,18H,4-5H2,1-3H3. The Morgan fingerprint density at radius 3 is 2.29 bits per heavy atom. The molecule has 0 aromatic heterocycles. The number of nitro groups is 1. The summed E-state index contributed by atoms with van der Waals surface area (Å²) in [7, 11) is 0. The molecule has 0 aliphatic rings. The molecule has 1 unspecified atom stereocenters. The number of nitrogens with one attached hydrogen (secondary N) is 1. The van der Waals surface area contributed by atoms with Gasteiger partial charge >= 0.3 is 6.18 Å². The third kappa shape index (κ3) is 4.34. The third-order valence-corrected chi connectivity index (χ3v) is 3.66. The maximum Gasteiger partial charge on any atom is 0.418 e. The first-order valence-electron chi connectivity index (χ1n) is 6.82. The van der Waals surface area contributed by atoms with Gasteiger partial charge < -0.3 is 5.32 Å². The summed E-state index contributed by atoms with van der Waals surface area (Å²) in [6.45, 7) is 5.78. The second-order valence-corrected chi connectivity index (χ2v) is 4.99. The molecule has 0 saturated heterocycles. The number of nitro benzene ring substituents is 1. The number of hydrogen-bond donors (Lipinski definition) is 1. The van der Waals surface area contributed by atoms with Crippen LogP contribution in [0.1, 0.15) is 39.2 Å². The normalized spacial score (nSPS) is 13.3. The highest BCUT2D eigenvalue weighted by Gasteiger charge is 2.35. The van der Waals surface area contributed by atoms with Gasteiger partial charge in [-0.05, 0) is 18.9 Å². The van der Waals surface area contributed by atoms with Gasteiger partial charge in [0.05, 0.1) is 10.5 Å². The number of halogens is 3. The molecular formula is C14H19F3N2O2. The Balaban J connectivity index is 3.14. The number of rotatable bonds is 6. The fourth-order valence-electron chi connectivity index (χ4n) is 2.37. The third-order valence-electron chi connectivity index (χ3n) is 3.66. The minimum Gasteiger partial charge on any atom is -0.382 e. The van der Waals surface area contributed by atoms with Crippen LogP contribution in [0, 0.1) is 16.0 Å². The van der Waals surface area contributed by atoms with E-state index in [4.69, 9.17) is 0 Å². The van der Waals surface area contributed by atoms with Crippen LogP contribution in [-0.2, 0) is 6.18 Å². The van der Waals surface area contributed by atoms with Crippen molar-refractivity contribution in [1.82, 2.24) is 0 Å². The quantitative estimate of drug-likeness (QED) is 0.603. The number of nitrogens with zero attached hydrogens (tertiary/aromatic N) is 1. The van der Waals surface area contributed by atoms with E-state index >= 15 is 0 Å².